The number of rotatable bonds is 5. The monoisotopic (exact) mass is 462 g/mol. The van der Waals surface area contributed by atoms with Crippen LogP contribution in [0.2, 0.25) is 0 Å². The highest BCUT2D eigenvalue weighted by molar-refractivity contribution is 7.89. The number of sulfonamides is 1. The summed E-state index contributed by atoms with van der Waals surface area (Å²) in [4.78, 5) is 13.1. The molecule has 2 aliphatic carbocycles. The number of hydrogen-bond acceptors (Lipinski definition) is 5. The van der Waals surface area contributed by atoms with Crippen LogP contribution in [0.15, 0.2) is 23.1 Å². The Hall–Kier alpha value is -1.80. The summed E-state index contributed by atoms with van der Waals surface area (Å²) in [7, 11) is -3.63. The molecule has 0 spiro atoms. The minimum atomic E-state index is -3.63. The molecule has 4 atom stereocenters. The molecule has 2 saturated carbocycles. The van der Waals surface area contributed by atoms with Crippen molar-refractivity contribution in [2.45, 2.75) is 62.8 Å². The van der Waals surface area contributed by atoms with E-state index in [1.54, 1.807) is 18.2 Å². The fourth-order valence-electron chi connectivity index (χ4n) is 6.17. The zero-order valence-electron chi connectivity index (χ0n) is 18.8. The third-order valence-electron chi connectivity index (χ3n) is 7.99. The van der Waals surface area contributed by atoms with Crippen LogP contribution in [0.4, 0.5) is 0 Å². The highest BCUT2D eigenvalue weighted by Crippen LogP contribution is 2.49. The van der Waals surface area contributed by atoms with Crippen molar-refractivity contribution < 1.29 is 22.7 Å². The molecule has 1 saturated heterocycles. The van der Waals surface area contributed by atoms with E-state index in [0.717, 1.165) is 18.3 Å². The summed E-state index contributed by atoms with van der Waals surface area (Å²) in [5.74, 6) is 3.28. The van der Waals surface area contributed by atoms with E-state index in [1.807, 2.05) is 0 Å². The van der Waals surface area contributed by atoms with Crippen LogP contribution in [0.25, 0.3) is 0 Å². The molecule has 7 nitrogen and oxygen atoms in total. The molecule has 0 radical (unpaired) electrons. The Morgan fingerprint density at radius 1 is 1.06 bits per heavy atom. The third-order valence-corrected chi connectivity index (χ3v) is 9.88. The first-order chi connectivity index (χ1) is 15.4. The predicted molar refractivity (Wildman–Crippen MR) is 120 cm³/mol. The van der Waals surface area contributed by atoms with Gasteiger partial charge in [0.25, 0.3) is 0 Å². The molecule has 2 heterocycles. The molecule has 1 aromatic rings. The van der Waals surface area contributed by atoms with Crippen molar-refractivity contribution in [1.82, 2.24) is 9.62 Å². The number of benzene rings is 1. The second-order valence-corrected chi connectivity index (χ2v) is 11.9. The lowest BCUT2D eigenvalue weighted by Gasteiger charge is -2.33. The molecule has 4 aliphatic rings. The van der Waals surface area contributed by atoms with Crippen molar-refractivity contribution in [1.29, 1.82) is 0 Å². The van der Waals surface area contributed by atoms with E-state index in [-0.39, 0.29) is 22.8 Å². The van der Waals surface area contributed by atoms with E-state index in [9.17, 15) is 13.2 Å². The Bertz CT molecular complexity index is 957. The van der Waals surface area contributed by atoms with Crippen LogP contribution in [-0.2, 0) is 14.8 Å². The van der Waals surface area contributed by atoms with Gasteiger partial charge in [-0.15, -0.1) is 0 Å². The Labute approximate surface area is 190 Å². The SMILES string of the molecule is CC(NC(=O)C1CCN(S(=O)(=O)c2ccc3c(c2)OCCCO3)CC1)C1CC2CCC1C2. The predicted octanol–water partition coefficient (Wildman–Crippen LogP) is 3.19. The normalized spacial score (nSPS) is 29.5. The molecule has 176 valence electrons. The van der Waals surface area contributed by atoms with Gasteiger partial charge in [-0.3, -0.25) is 4.79 Å². The summed E-state index contributed by atoms with van der Waals surface area (Å²) < 4.78 is 39.1. The van der Waals surface area contributed by atoms with Crippen molar-refractivity contribution in [2.24, 2.45) is 23.7 Å². The number of hydrogen-bond donors (Lipinski definition) is 1. The van der Waals surface area contributed by atoms with Crippen LogP contribution in [0, 0.1) is 23.7 Å². The van der Waals surface area contributed by atoms with Crippen LogP contribution >= 0.6 is 0 Å². The van der Waals surface area contributed by atoms with Gasteiger partial charge in [0.2, 0.25) is 15.9 Å². The lowest BCUT2D eigenvalue weighted by atomic mass is 9.83. The first kappa shape index (κ1) is 22.0. The van der Waals surface area contributed by atoms with E-state index >= 15 is 0 Å². The zero-order chi connectivity index (χ0) is 22.3. The number of nitrogens with one attached hydrogen (secondary N) is 1. The molecular formula is C24H34N2O5S. The average Bonchev–Trinajstić information content (AvgIpc) is 3.36. The first-order valence-electron chi connectivity index (χ1n) is 12.1. The second-order valence-electron chi connectivity index (χ2n) is 9.97. The van der Waals surface area contributed by atoms with Gasteiger partial charge in [-0.1, -0.05) is 6.42 Å². The summed E-state index contributed by atoms with van der Waals surface area (Å²) >= 11 is 0. The van der Waals surface area contributed by atoms with Crippen molar-refractivity contribution in [3.63, 3.8) is 0 Å². The topological polar surface area (TPSA) is 84.9 Å². The van der Waals surface area contributed by atoms with E-state index in [1.165, 1.54) is 30.0 Å². The standard InChI is InChI=1S/C24H34N2O5S/c1-16(21-14-17-3-4-19(21)13-17)25-24(27)18-7-9-26(10-8-18)32(28,29)20-5-6-22-23(15-20)31-12-2-11-30-22/h5-6,15-19,21H,2-4,7-14H2,1H3,(H,25,27). The highest BCUT2D eigenvalue weighted by atomic mass is 32.2. The molecule has 3 fully saturated rings. The number of ether oxygens (including phenoxy) is 2. The molecule has 2 aliphatic heterocycles. The number of nitrogens with zero attached hydrogens (tertiary/aromatic N) is 1. The van der Waals surface area contributed by atoms with Crippen LogP contribution in [-0.4, -0.2) is 51.0 Å². The Kier molecular flexibility index (Phi) is 6.09. The third kappa shape index (κ3) is 4.23. The van der Waals surface area contributed by atoms with Gasteiger partial charge < -0.3 is 14.8 Å². The van der Waals surface area contributed by atoms with Crippen molar-refractivity contribution in [3.05, 3.63) is 18.2 Å². The molecule has 5 rings (SSSR count). The molecule has 4 unspecified atom stereocenters. The van der Waals surface area contributed by atoms with Crippen LogP contribution in [0.3, 0.4) is 0 Å². The lowest BCUT2D eigenvalue weighted by molar-refractivity contribution is -0.127. The van der Waals surface area contributed by atoms with Gasteiger partial charge in [-0.25, -0.2) is 8.42 Å². The molecule has 2 bridgehead atoms. The Balaban J connectivity index is 1.18. The summed E-state index contributed by atoms with van der Waals surface area (Å²) in [6.45, 7) is 3.94. The number of fused-ring (bicyclic) bond motifs is 3. The van der Waals surface area contributed by atoms with Gasteiger partial charge in [0.15, 0.2) is 11.5 Å². The average molecular weight is 463 g/mol. The summed E-state index contributed by atoms with van der Waals surface area (Å²) in [5, 5.41) is 3.26. The van der Waals surface area contributed by atoms with Gasteiger partial charge in [-0.05, 0) is 68.9 Å². The van der Waals surface area contributed by atoms with Gasteiger partial charge in [-0.2, -0.15) is 4.31 Å². The smallest absolute Gasteiger partial charge is 0.243 e. The maximum Gasteiger partial charge on any atom is 0.243 e. The summed E-state index contributed by atoms with van der Waals surface area (Å²) in [5.41, 5.74) is 0. The van der Waals surface area contributed by atoms with Gasteiger partial charge in [0.1, 0.15) is 0 Å². The number of carbonyl (C=O) groups is 1. The Morgan fingerprint density at radius 3 is 2.50 bits per heavy atom. The molecule has 8 heteroatoms. The van der Waals surface area contributed by atoms with Crippen molar-refractivity contribution in [2.75, 3.05) is 26.3 Å². The van der Waals surface area contributed by atoms with E-state index in [0.29, 0.717) is 56.6 Å². The van der Waals surface area contributed by atoms with E-state index in [2.05, 4.69) is 12.2 Å². The summed E-state index contributed by atoms with van der Waals surface area (Å²) in [6.07, 6.45) is 7.13. The van der Waals surface area contributed by atoms with Gasteiger partial charge >= 0.3 is 0 Å². The maximum absolute atomic E-state index is 13.2. The van der Waals surface area contributed by atoms with Gasteiger partial charge in [0.05, 0.1) is 18.1 Å². The van der Waals surface area contributed by atoms with Gasteiger partial charge in [0, 0.05) is 37.5 Å². The minimum absolute atomic E-state index is 0.0906. The second kappa shape index (κ2) is 8.86. The van der Waals surface area contributed by atoms with Crippen molar-refractivity contribution in [3.8, 4) is 11.5 Å². The first-order valence-corrected chi connectivity index (χ1v) is 13.6. The maximum atomic E-state index is 13.2. The van der Waals surface area contributed by atoms with E-state index in [4.69, 9.17) is 9.47 Å². The number of amides is 1. The van der Waals surface area contributed by atoms with Crippen LogP contribution in [0.5, 0.6) is 11.5 Å². The fourth-order valence-corrected chi connectivity index (χ4v) is 7.65. The minimum Gasteiger partial charge on any atom is -0.490 e. The largest absolute Gasteiger partial charge is 0.490 e. The molecular weight excluding hydrogens is 428 g/mol. The fraction of sp³-hybridized carbons (Fsp3) is 0.708. The molecule has 1 N–H and O–H groups in total. The zero-order valence-corrected chi connectivity index (χ0v) is 19.6. The molecule has 1 aromatic carbocycles. The van der Waals surface area contributed by atoms with E-state index < -0.39 is 10.0 Å². The van der Waals surface area contributed by atoms with Crippen LogP contribution in [0.1, 0.15) is 51.9 Å². The highest BCUT2D eigenvalue weighted by Gasteiger charge is 2.42. The molecule has 0 aromatic heterocycles. The Morgan fingerprint density at radius 2 is 1.81 bits per heavy atom. The number of carbonyl (C=O) groups excluding carboxylic acids is 1. The number of piperidine rings is 1. The quantitative estimate of drug-likeness (QED) is 0.726. The lowest BCUT2D eigenvalue weighted by Crippen LogP contribution is -2.47. The van der Waals surface area contributed by atoms with Crippen LogP contribution < -0.4 is 14.8 Å². The summed E-state index contributed by atoms with van der Waals surface area (Å²) in [6, 6.07) is 5.02. The molecule has 1 amide bonds. The van der Waals surface area contributed by atoms with Crippen molar-refractivity contribution >= 4 is 15.9 Å². The molecule has 32 heavy (non-hydrogen) atoms.